The minimum absolute atomic E-state index is 0.112. The zero-order valence-electron chi connectivity index (χ0n) is 12.2. The smallest absolute Gasteiger partial charge is 0.173 e. The maximum Gasteiger partial charge on any atom is 0.173 e. The molecule has 2 nitrogen and oxygen atoms in total. The molecule has 0 bridgehead atoms. The quantitative estimate of drug-likeness (QED) is 0.836. The molecule has 1 heterocycles. The molecular weight excluding hydrogens is 265 g/mol. The van der Waals surface area contributed by atoms with Crippen LogP contribution in [0.1, 0.15) is 39.4 Å². The van der Waals surface area contributed by atoms with Crippen LogP contribution >= 0.6 is 0 Å². The lowest BCUT2D eigenvalue weighted by molar-refractivity contribution is 0.0950. The number of hydrogen-bond donors (Lipinski definition) is 1. The second-order valence-electron chi connectivity index (χ2n) is 5.66. The van der Waals surface area contributed by atoms with Crippen LogP contribution in [0, 0.1) is 19.7 Å². The van der Waals surface area contributed by atoms with Crippen molar-refractivity contribution in [1.82, 2.24) is 0 Å². The zero-order valence-corrected chi connectivity index (χ0v) is 12.2. The van der Waals surface area contributed by atoms with E-state index in [-0.39, 0.29) is 17.3 Å². The van der Waals surface area contributed by atoms with Gasteiger partial charge in [0.2, 0.25) is 0 Å². The number of aryl methyl sites for hydroxylation is 2. The van der Waals surface area contributed by atoms with Crippen LogP contribution in [0.15, 0.2) is 36.4 Å². The summed E-state index contributed by atoms with van der Waals surface area (Å²) in [5, 5.41) is 3.29. The van der Waals surface area contributed by atoms with Crippen molar-refractivity contribution in [1.29, 1.82) is 0 Å². The summed E-state index contributed by atoms with van der Waals surface area (Å²) in [5.74, 6) is -0.786. The van der Waals surface area contributed by atoms with E-state index < -0.39 is 5.82 Å². The number of fused-ring (bicyclic) bond motifs is 1. The largest absolute Gasteiger partial charge is 0.385 e. The highest BCUT2D eigenvalue weighted by atomic mass is 19.1. The first kappa shape index (κ1) is 13.8. The first-order valence-electron chi connectivity index (χ1n) is 7.21. The van der Waals surface area contributed by atoms with Crippen LogP contribution in [0.4, 0.5) is 10.1 Å². The highest BCUT2D eigenvalue weighted by Gasteiger charge is 2.29. The molecule has 0 radical (unpaired) electrons. The molecule has 2 aromatic carbocycles. The average molecular weight is 283 g/mol. The predicted octanol–water partition coefficient (Wildman–Crippen LogP) is 4.22. The van der Waals surface area contributed by atoms with E-state index in [2.05, 4.69) is 5.32 Å². The number of benzene rings is 2. The topological polar surface area (TPSA) is 29.1 Å². The fourth-order valence-electron chi connectivity index (χ4n) is 3.14. The maximum atomic E-state index is 14.3. The minimum Gasteiger partial charge on any atom is -0.385 e. The second-order valence-corrected chi connectivity index (χ2v) is 5.66. The van der Waals surface area contributed by atoms with Gasteiger partial charge in [0.1, 0.15) is 5.82 Å². The van der Waals surface area contributed by atoms with Crippen molar-refractivity contribution in [2.45, 2.75) is 26.2 Å². The van der Waals surface area contributed by atoms with Gasteiger partial charge in [0.05, 0.1) is 11.5 Å². The molecule has 0 fully saturated rings. The van der Waals surface area contributed by atoms with Crippen molar-refractivity contribution in [3.05, 3.63) is 64.5 Å². The van der Waals surface area contributed by atoms with Crippen LogP contribution < -0.4 is 5.32 Å². The number of carbonyl (C=O) groups is 1. The Bertz CT molecular complexity index is 685. The van der Waals surface area contributed by atoms with Crippen molar-refractivity contribution < 1.29 is 9.18 Å². The Morgan fingerprint density at radius 3 is 2.76 bits per heavy atom. The Labute approximate surface area is 124 Å². The van der Waals surface area contributed by atoms with E-state index in [1.54, 1.807) is 6.92 Å². The van der Waals surface area contributed by atoms with Gasteiger partial charge in [0.25, 0.3) is 0 Å². The Kier molecular flexibility index (Phi) is 3.50. The third-order valence-electron chi connectivity index (χ3n) is 4.08. The Hall–Kier alpha value is -2.16. The molecule has 21 heavy (non-hydrogen) atoms. The normalized spacial score (nSPS) is 17.0. The van der Waals surface area contributed by atoms with E-state index in [9.17, 15) is 9.18 Å². The van der Waals surface area contributed by atoms with Crippen molar-refractivity contribution in [2.75, 3.05) is 11.9 Å². The molecular formula is C18H18FNO. The van der Waals surface area contributed by atoms with Gasteiger partial charge < -0.3 is 5.32 Å². The zero-order chi connectivity index (χ0) is 15.0. The third kappa shape index (κ3) is 2.44. The molecule has 1 aliphatic rings. The maximum absolute atomic E-state index is 14.3. The van der Waals surface area contributed by atoms with Gasteiger partial charge >= 0.3 is 0 Å². The van der Waals surface area contributed by atoms with E-state index in [0.717, 1.165) is 23.4 Å². The summed E-state index contributed by atoms with van der Waals surface area (Å²) in [4.78, 5) is 12.8. The third-order valence-corrected chi connectivity index (χ3v) is 4.08. The fraction of sp³-hybridized carbons (Fsp3) is 0.278. The first-order valence-corrected chi connectivity index (χ1v) is 7.21. The van der Waals surface area contributed by atoms with Crippen LogP contribution in [0.5, 0.6) is 0 Å². The van der Waals surface area contributed by atoms with Crippen molar-refractivity contribution >= 4 is 11.5 Å². The number of para-hydroxylation sites is 1. The Morgan fingerprint density at radius 2 is 2.00 bits per heavy atom. The number of nitrogens with one attached hydrogen (secondary N) is 1. The highest BCUT2D eigenvalue weighted by Crippen LogP contribution is 2.35. The van der Waals surface area contributed by atoms with Gasteiger partial charge in [-0.1, -0.05) is 24.3 Å². The summed E-state index contributed by atoms with van der Waals surface area (Å²) in [6, 6.07) is 11.1. The molecule has 0 saturated heterocycles. The first-order chi connectivity index (χ1) is 10.1. The molecule has 108 valence electrons. The van der Waals surface area contributed by atoms with Gasteiger partial charge in [-0.3, -0.25) is 4.79 Å². The molecule has 1 aliphatic heterocycles. The molecule has 1 N–H and O–H groups in total. The van der Waals surface area contributed by atoms with Gasteiger partial charge in [-0.2, -0.15) is 0 Å². The summed E-state index contributed by atoms with van der Waals surface area (Å²) < 4.78 is 14.3. The van der Waals surface area contributed by atoms with Crippen LogP contribution in [0.3, 0.4) is 0 Å². The van der Waals surface area contributed by atoms with Gasteiger partial charge in [0, 0.05) is 12.2 Å². The van der Waals surface area contributed by atoms with Crippen LogP contribution in [-0.2, 0) is 0 Å². The number of hydrogen-bond acceptors (Lipinski definition) is 2. The molecule has 0 aliphatic carbocycles. The lowest BCUT2D eigenvalue weighted by Crippen LogP contribution is -2.24. The van der Waals surface area contributed by atoms with Crippen LogP contribution in [-0.4, -0.2) is 12.3 Å². The van der Waals surface area contributed by atoms with Crippen LogP contribution in [0.2, 0.25) is 0 Å². The average Bonchev–Trinajstić information content (AvgIpc) is 2.45. The summed E-state index contributed by atoms with van der Waals surface area (Å²) in [5.41, 5.74) is 3.74. The molecule has 0 aromatic heterocycles. The van der Waals surface area contributed by atoms with Crippen molar-refractivity contribution in [2.24, 2.45) is 0 Å². The number of rotatable bonds is 2. The molecule has 3 rings (SSSR count). The number of Topliss-reactive ketones (excluding diaryl/α,β-unsaturated/α-hetero) is 1. The molecule has 0 amide bonds. The fourth-order valence-corrected chi connectivity index (χ4v) is 3.14. The summed E-state index contributed by atoms with van der Waals surface area (Å²) in [6.45, 7) is 4.38. The lowest BCUT2D eigenvalue weighted by Gasteiger charge is -2.26. The molecule has 1 atom stereocenters. The number of halogens is 1. The van der Waals surface area contributed by atoms with Gasteiger partial charge in [-0.05, 0) is 49.1 Å². The van der Waals surface area contributed by atoms with Crippen LogP contribution in [0.25, 0.3) is 0 Å². The number of anilines is 1. The molecule has 3 heteroatoms. The standard InChI is InChI=1S/C18H18FNO/c1-11-9-12(2)17(15(19)10-11)18(21)14-7-8-20-16-6-4-3-5-13(14)16/h3-6,9-10,14,20H,7-8H2,1-2H3. The Morgan fingerprint density at radius 1 is 1.24 bits per heavy atom. The van der Waals surface area contributed by atoms with E-state index in [1.165, 1.54) is 6.07 Å². The molecule has 1 unspecified atom stereocenters. The summed E-state index contributed by atoms with van der Waals surface area (Å²) in [6.07, 6.45) is 0.697. The lowest BCUT2D eigenvalue weighted by atomic mass is 9.83. The second kappa shape index (κ2) is 5.32. The van der Waals surface area contributed by atoms with E-state index >= 15 is 0 Å². The van der Waals surface area contributed by atoms with Crippen molar-refractivity contribution in [3.63, 3.8) is 0 Å². The predicted molar refractivity (Wildman–Crippen MR) is 82.5 cm³/mol. The monoisotopic (exact) mass is 283 g/mol. The van der Waals surface area contributed by atoms with Gasteiger partial charge in [-0.15, -0.1) is 0 Å². The summed E-state index contributed by atoms with van der Waals surface area (Å²) >= 11 is 0. The number of carbonyl (C=O) groups excluding carboxylic acids is 1. The minimum atomic E-state index is -0.409. The Balaban J connectivity index is 2.05. The molecule has 0 spiro atoms. The molecule has 2 aromatic rings. The van der Waals surface area contributed by atoms with Gasteiger partial charge in [0.15, 0.2) is 5.78 Å². The number of ketones is 1. The van der Waals surface area contributed by atoms with Gasteiger partial charge in [-0.25, -0.2) is 4.39 Å². The summed E-state index contributed by atoms with van der Waals surface area (Å²) in [7, 11) is 0. The molecule has 0 saturated carbocycles. The van der Waals surface area contributed by atoms with E-state index in [4.69, 9.17) is 0 Å². The SMILES string of the molecule is Cc1cc(C)c(C(=O)C2CCNc3ccccc32)c(F)c1. The van der Waals surface area contributed by atoms with E-state index in [0.29, 0.717) is 12.0 Å². The van der Waals surface area contributed by atoms with Crippen molar-refractivity contribution in [3.8, 4) is 0 Å². The van der Waals surface area contributed by atoms with E-state index in [1.807, 2.05) is 37.3 Å². The highest BCUT2D eigenvalue weighted by molar-refractivity contribution is 6.03.